The van der Waals surface area contributed by atoms with Crippen LogP contribution in [0.1, 0.15) is 5.69 Å². The third-order valence-electron chi connectivity index (χ3n) is 3.65. The largest absolute Gasteiger partial charge is 0.497 e. The first-order chi connectivity index (χ1) is 9.65. The van der Waals surface area contributed by atoms with Crippen LogP contribution in [0.3, 0.4) is 0 Å². The number of fused-ring (bicyclic) bond motifs is 1. The standard InChI is InChI=1S/C17H22N2O/c1-5-6-10-18(2)11-9-15-12-14-13-16(20-4)7-8-17(14)19(15)3/h6-8,12-13H,1,9-11H2,2-4H3. The van der Waals surface area contributed by atoms with E-state index >= 15 is 0 Å². The van der Waals surface area contributed by atoms with E-state index in [2.05, 4.69) is 54.1 Å². The van der Waals surface area contributed by atoms with Gasteiger partial charge in [0.25, 0.3) is 0 Å². The van der Waals surface area contributed by atoms with Crippen molar-refractivity contribution in [2.75, 3.05) is 27.2 Å². The highest BCUT2D eigenvalue weighted by molar-refractivity contribution is 5.82. The van der Waals surface area contributed by atoms with Crippen LogP contribution >= 0.6 is 0 Å². The minimum atomic E-state index is 0.890. The van der Waals surface area contributed by atoms with Crippen molar-refractivity contribution >= 4 is 10.9 Å². The predicted molar refractivity (Wildman–Crippen MR) is 84.4 cm³/mol. The number of nitrogens with zero attached hydrogens (tertiary/aromatic N) is 2. The maximum Gasteiger partial charge on any atom is 0.119 e. The molecule has 0 atom stereocenters. The molecule has 0 fully saturated rings. The predicted octanol–water partition coefficient (Wildman–Crippen LogP) is 3.00. The second-order valence-electron chi connectivity index (χ2n) is 5.04. The topological polar surface area (TPSA) is 17.4 Å². The summed E-state index contributed by atoms with van der Waals surface area (Å²) in [5, 5.41) is 1.23. The van der Waals surface area contributed by atoms with Crippen LogP contribution in [0.15, 0.2) is 42.7 Å². The number of aryl methyl sites for hydroxylation is 1. The van der Waals surface area contributed by atoms with E-state index in [9.17, 15) is 0 Å². The van der Waals surface area contributed by atoms with E-state index in [0.29, 0.717) is 0 Å². The highest BCUT2D eigenvalue weighted by Gasteiger charge is 2.07. The van der Waals surface area contributed by atoms with Gasteiger partial charge >= 0.3 is 0 Å². The Morgan fingerprint density at radius 1 is 1.40 bits per heavy atom. The molecule has 0 bridgehead atoms. The highest BCUT2D eigenvalue weighted by atomic mass is 16.5. The minimum absolute atomic E-state index is 0.890. The molecular formula is C17H22N2O. The molecule has 0 unspecified atom stereocenters. The molecule has 0 aliphatic carbocycles. The third-order valence-corrected chi connectivity index (χ3v) is 3.65. The Bertz CT molecular complexity index is 636. The number of rotatable bonds is 6. The maximum absolute atomic E-state index is 5.28. The molecule has 3 nitrogen and oxygen atoms in total. The van der Waals surface area contributed by atoms with Gasteiger partial charge < -0.3 is 14.2 Å². The highest BCUT2D eigenvalue weighted by Crippen LogP contribution is 2.24. The van der Waals surface area contributed by atoms with E-state index < -0.39 is 0 Å². The summed E-state index contributed by atoms with van der Waals surface area (Å²) in [4.78, 5) is 2.26. The fourth-order valence-corrected chi connectivity index (χ4v) is 2.37. The second-order valence-corrected chi connectivity index (χ2v) is 5.04. The first-order valence-corrected chi connectivity index (χ1v) is 6.81. The van der Waals surface area contributed by atoms with Gasteiger partial charge in [-0.1, -0.05) is 6.58 Å². The molecule has 20 heavy (non-hydrogen) atoms. The van der Waals surface area contributed by atoms with Crippen LogP contribution in [0.25, 0.3) is 10.9 Å². The van der Waals surface area contributed by atoms with Gasteiger partial charge in [0.1, 0.15) is 5.75 Å². The molecule has 1 aromatic heterocycles. The first kappa shape index (κ1) is 14.4. The normalized spacial score (nSPS) is 10.8. The third kappa shape index (κ3) is 3.13. The molecule has 0 radical (unpaired) electrons. The Balaban J connectivity index is 2.14. The Labute approximate surface area is 120 Å². The SMILES string of the molecule is C=C=CCN(C)CCc1cc2cc(OC)ccc2n1C. The first-order valence-electron chi connectivity index (χ1n) is 6.81. The molecule has 3 heteroatoms. The van der Waals surface area contributed by atoms with Gasteiger partial charge in [0.15, 0.2) is 0 Å². The van der Waals surface area contributed by atoms with Crippen molar-refractivity contribution in [1.29, 1.82) is 0 Å². The zero-order valence-corrected chi connectivity index (χ0v) is 12.5. The average molecular weight is 270 g/mol. The van der Waals surface area contributed by atoms with E-state index in [4.69, 9.17) is 4.74 Å². The average Bonchev–Trinajstić information content (AvgIpc) is 2.78. The number of hydrogen-bond acceptors (Lipinski definition) is 2. The molecule has 106 valence electrons. The van der Waals surface area contributed by atoms with Crippen molar-refractivity contribution in [2.24, 2.45) is 7.05 Å². The summed E-state index contributed by atoms with van der Waals surface area (Å²) in [5.41, 5.74) is 5.39. The van der Waals surface area contributed by atoms with Gasteiger partial charge in [0.05, 0.1) is 7.11 Å². The van der Waals surface area contributed by atoms with E-state index in [0.717, 1.165) is 25.3 Å². The van der Waals surface area contributed by atoms with Crippen molar-refractivity contribution < 1.29 is 4.74 Å². The van der Waals surface area contributed by atoms with Crippen LogP contribution in [-0.2, 0) is 13.5 Å². The summed E-state index contributed by atoms with van der Waals surface area (Å²) in [6.45, 7) is 5.49. The molecule has 0 aliphatic heterocycles. The van der Waals surface area contributed by atoms with E-state index in [1.807, 2.05) is 12.1 Å². The van der Waals surface area contributed by atoms with Gasteiger partial charge in [-0.25, -0.2) is 0 Å². The summed E-state index contributed by atoms with van der Waals surface area (Å²) in [7, 11) is 5.93. The quantitative estimate of drug-likeness (QED) is 0.751. The number of benzene rings is 1. The summed E-state index contributed by atoms with van der Waals surface area (Å²) >= 11 is 0. The van der Waals surface area contributed by atoms with Crippen molar-refractivity contribution in [3.8, 4) is 5.75 Å². The summed E-state index contributed by atoms with van der Waals surface area (Å²) in [5.74, 6) is 0.905. The van der Waals surface area contributed by atoms with Gasteiger partial charge in [0, 0.05) is 43.2 Å². The van der Waals surface area contributed by atoms with Crippen LogP contribution in [-0.4, -0.2) is 36.7 Å². The molecule has 0 amide bonds. The lowest BCUT2D eigenvalue weighted by molar-refractivity contribution is 0.372. The van der Waals surface area contributed by atoms with Crippen LogP contribution in [0.5, 0.6) is 5.75 Å². The van der Waals surface area contributed by atoms with E-state index in [1.54, 1.807) is 7.11 Å². The van der Waals surface area contributed by atoms with Crippen molar-refractivity contribution in [1.82, 2.24) is 9.47 Å². The van der Waals surface area contributed by atoms with Gasteiger partial charge in [-0.05, 0) is 37.4 Å². The molecule has 0 saturated carbocycles. The van der Waals surface area contributed by atoms with Gasteiger partial charge in [0.2, 0.25) is 0 Å². The van der Waals surface area contributed by atoms with Crippen molar-refractivity contribution in [3.05, 3.63) is 48.3 Å². The van der Waals surface area contributed by atoms with Crippen LogP contribution in [0.4, 0.5) is 0 Å². The summed E-state index contributed by atoms with van der Waals surface area (Å²) in [6, 6.07) is 8.45. The van der Waals surface area contributed by atoms with Crippen LogP contribution in [0.2, 0.25) is 0 Å². The van der Waals surface area contributed by atoms with Crippen molar-refractivity contribution in [3.63, 3.8) is 0 Å². The zero-order chi connectivity index (χ0) is 14.5. The summed E-state index contributed by atoms with van der Waals surface area (Å²) in [6.07, 6.45) is 2.97. The fraction of sp³-hybridized carbons (Fsp3) is 0.353. The number of likely N-dealkylation sites (N-methyl/N-ethyl adjacent to an activating group) is 1. The molecule has 0 saturated heterocycles. The van der Waals surface area contributed by atoms with Gasteiger partial charge in [-0.3, -0.25) is 0 Å². The van der Waals surface area contributed by atoms with Crippen molar-refractivity contribution in [2.45, 2.75) is 6.42 Å². The number of ether oxygens (including phenoxy) is 1. The molecule has 1 aromatic carbocycles. The fourth-order valence-electron chi connectivity index (χ4n) is 2.37. The molecular weight excluding hydrogens is 248 g/mol. The monoisotopic (exact) mass is 270 g/mol. The van der Waals surface area contributed by atoms with Gasteiger partial charge in [-0.15, -0.1) is 5.73 Å². The molecule has 0 aliphatic rings. The zero-order valence-electron chi connectivity index (χ0n) is 12.5. The minimum Gasteiger partial charge on any atom is -0.497 e. The Hall–Kier alpha value is -1.96. The maximum atomic E-state index is 5.28. The Morgan fingerprint density at radius 2 is 2.20 bits per heavy atom. The van der Waals surface area contributed by atoms with E-state index in [-0.39, 0.29) is 0 Å². The lowest BCUT2D eigenvalue weighted by atomic mass is 10.2. The van der Waals surface area contributed by atoms with Crippen LogP contribution in [0, 0.1) is 0 Å². The Morgan fingerprint density at radius 3 is 2.90 bits per heavy atom. The lowest BCUT2D eigenvalue weighted by Gasteiger charge is -2.14. The molecule has 2 rings (SSSR count). The Kier molecular flexibility index (Phi) is 4.67. The number of hydrogen-bond donors (Lipinski definition) is 0. The van der Waals surface area contributed by atoms with Gasteiger partial charge in [-0.2, -0.15) is 0 Å². The molecule has 2 aromatic rings. The second kappa shape index (κ2) is 6.47. The molecule has 0 spiro atoms. The van der Waals surface area contributed by atoms with Crippen LogP contribution < -0.4 is 4.74 Å². The summed E-state index contributed by atoms with van der Waals surface area (Å²) < 4.78 is 7.54. The van der Waals surface area contributed by atoms with E-state index in [1.165, 1.54) is 16.6 Å². The number of methoxy groups -OCH3 is 1. The molecule has 0 N–H and O–H groups in total. The molecule has 1 heterocycles. The lowest BCUT2D eigenvalue weighted by Crippen LogP contribution is -2.21. The number of aromatic nitrogens is 1. The smallest absolute Gasteiger partial charge is 0.119 e.